The molecule has 0 aliphatic heterocycles. The molecule has 0 N–H and O–H groups in total. The van der Waals surface area contributed by atoms with Gasteiger partial charge in [-0.25, -0.2) is 14.6 Å². The Kier molecular flexibility index (Phi) is 5.06. The number of halogens is 2. The smallest absolute Gasteiger partial charge is 0.387 e. The number of hydrogen-bond donors (Lipinski definition) is 0. The molecule has 0 saturated heterocycles. The molecule has 0 unspecified atom stereocenters. The Bertz CT molecular complexity index is 883. The molecule has 0 bridgehead atoms. The summed E-state index contributed by atoms with van der Waals surface area (Å²) in [6.45, 7) is 2.47. The standard InChI is InChI=1S/C17H17F2N5O2/c1-10-7-20-17(21-8-10)25-12(3)14-9-24(23-22-14)13-5-4-11(2)15(6-13)26-16(18)19/h4-9,12,16H,1-3H3/t12-/m0/s1. The van der Waals surface area contributed by atoms with Crippen molar-refractivity contribution in [3.63, 3.8) is 0 Å². The second-order valence-corrected chi connectivity index (χ2v) is 5.72. The van der Waals surface area contributed by atoms with Crippen LogP contribution in [0.5, 0.6) is 11.8 Å². The molecule has 0 radical (unpaired) electrons. The number of aryl methyl sites for hydroxylation is 2. The summed E-state index contributed by atoms with van der Waals surface area (Å²) >= 11 is 0. The van der Waals surface area contributed by atoms with Gasteiger partial charge in [0.1, 0.15) is 17.5 Å². The molecule has 26 heavy (non-hydrogen) atoms. The summed E-state index contributed by atoms with van der Waals surface area (Å²) in [7, 11) is 0. The highest BCUT2D eigenvalue weighted by molar-refractivity contribution is 5.43. The van der Waals surface area contributed by atoms with Gasteiger partial charge in [0, 0.05) is 18.5 Å². The highest BCUT2D eigenvalue weighted by atomic mass is 19.3. The van der Waals surface area contributed by atoms with Crippen LogP contribution in [0.1, 0.15) is 29.8 Å². The molecule has 136 valence electrons. The molecule has 2 heterocycles. The number of alkyl halides is 2. The molecule has 7 nitrogen and oxygen atoms in total. The number of aromatic nitrogens is 5. The van der Waals surface area contributed by atoms with Crippen molar-refractivity contribution in [3.05, 3.63) is 53.6 Å². The van der Waals surface area contributed by atoms with Gasteiger partial charge in [-0.2, -0.15) is 8.78 Å². The highest BCUT2D eigenvalue weighted by Crippen LogP contribution is 2.24. The van der Waals surface area contributed by atoms with Crippen molar-refractivity contribution in [3.8, 4) is 17.4 Å². The van der Waals surface area contributed by atoms with E-state index in [9.17, 15) is 8.78 Å². The Morgan fingerprint density at radius 3 is 2.50 bits per heavy atom. The van der Waals surface area contributed by atoms with Crippen molar-refractivity contribution in [2.24, 2.45) is 0 Å². The van der Waals surface area contributed by atoms with Gasteiger partial charge in [0.05, 0.1) is 11.9 Å². The summed E-state index contributed by atoms with van der Waals surface area (Å²) in [4.78, 5) is 8.16. The molecular formula is C17H17F2N5O2. The fraction of sp³-hybridized carbons (Fsp3) is 0.294. The Labute approximate surface area is 148 Å². The zero-order valence-electron chi connectivity index (χ0n) is 14.4. The second-order valence-electron chi connectivity index (χ2n) is 5.72. The molecule has 0 amide bonds. The van der Waals surface area contributed by atoms with Crippen molar-refractivity contribution in [2.45, 2.75) is 33.5 Å². The molecule has 0 aliphatic carbocycles. The molecule has 0 spiro atoms. The zero-order chi connectivity index (χ0) is 18.7. The molecule has 9 heteroatoms. The van der Waals surface area contributed by atoms with E-state index in [0.29, 0.717) is 16.9 Å². The predicted octanol–water partition coefficient (Wildman–Crippen LogP) is 3.42. The largest absolute Gasteiger partial charge is 0.454 e. The maximum atomic E-state index is 12.5. The molecule has 1 aromatic carbocycles. The Hall–Kier alpha value is -3.10. The first kappa shape index (κ1) is 17.7. The van der Waals surface area contributed by atoms with Gasteiger partial charge in [0.25, 0.3) is 0 Å². The summed E-state index contributed by atoms with van der Waals surface area (Å²) in [5.41, 5.74) is 2.62. The fourth-order valence-corrected chi connectivity index (χ4v) is 2.20. The van der Waals surface area contributed by atoms with Crippen molar-refractivity contribution in [1.82, 2.24) is 25.0 Å². The maximum Gasteiger partial charge on any atom is 0.387 e. The Morgan fingerprint density at radius 1 is 1.08 bits per heavy atom. The summed E-state index contributed by atoms with van der Waals surface area (Å²) < 4.78 is 36.6. The lowest BCUT2D eigenvalue weighted by Crippen LogP contribution is -2.06. The average molecular weight is 361 g/mol. The van der Waals surface area contributed by atoms with Gasteiger partial charge in [-0.15, -0.1) is 5.10 Å². The SMILES string of the molecule is Cc1cnc(O[C@@H](C)c2cn(-c3ccc(C)c(OC(F)F)c3)nn2)nc1. The van der Waals surface area contributed by atoms with Crippen LogP contribution in [0.4, 0.5) is 8.78 Å². The first-order chi connectivity index (χ1) is 12.4. The molecule has 0 saturated carbocycles. The molecule has 3 rings (SSSR count). The molecule has 2 aromatic heterocycles. The Morgan fingerprint density at radius 2 is 1.81 bits per heavy atom. The van der Waals surface area contributed by atoms with Crippen LogP contribution in [0, 0.1) is 13.8 Å². The minimum atomic E-state index is -2.89. The number of hydrogen-bond acceptors (Lipinski definition) is 6. The third kappa shape index (κ3) is 4.11. The minimum absolute atomic E-state index is 0.0897. The van der Waals surface area contributed by atoms with E-state index in [-0.39, 0.29) is 11.8 Å². The number of rotatable bonds is 6. The van der Waals surface area contributed by atoms with Crippen LogP contribution in [0.25, 0.3) is 5.69 Å². The molecule has 0 fully saturated rings. The number of benzene rings is 1. The first-order valence-electron chi connectivity index (χ1n) is 7.86. The summed E-state index contributed by atoms with van der Waals surface area (Å²) in [5.74, 6) is 0.0897. The fourth-order valence-electron chi connectivity index (χ4n) is 2.20. The second kappa shape index (κ2) is 7.42. The van der Waals surface area contributed by atoms with Gasteiger partial charge in [-0.05, 0) is 38.0 Å². The van der Waals surface area contributed by atoms with Crippen LogP contribution in [0.2, 0.25) is 0 Å². The monoisotopic (exact) mass is 361 g/mol. The maximum absolute atomic E-state index is 12.5. The van der Waals surface area contributed by atoms with E-state index in [0.717, 1.165) is 5.56 Å². The van der Waals surface area contributed by atoms with E-state index in [1.807, 2.05) is 6.92 Å². The molecule has 3 aromatic rings. The lowest BCUT2D eigenvalue weighted by atomic mass is 10.2. The van der Waals surface area contributed by atoms with E-state index in [1.165, 1.54) is 10.7 Å². The summed E-state index contributed by atoms with van der Waals surface area (Å²) in [6.07, 6.45) is 4.52. The molecule has 0 aliphatic rings. The highest BCUT2D eigenvalue weighted by Gasteiger charge is 2.15. The van der Waals surface area contributed by atoms with E-state index < -0.39 is 12.7 Å². The van der Waals surface area contributed by atoms with Crippen molar-refractivity contribution < 1.29 is 18.3 Å². The van der Waals surface area contributed by atoms with Crippen LogP contribution in [-0.4, -0.2) is 31.6 Å². The number of ether oxygens (including phenoxy) is 2. The van der Waals surface area contributed by atoms with Gasteiger partial charge >= 0.3 is 12.6 Å². The normalized spacial score (nSPS) is 12.2. The van der Waals surface area contributed by atoms with Crippen molar-refractivity contribution in [1.29, 1.82) is 0 Å². The zero-order valence-corrected chi connectivity index (χ0v) is 14.4. The molecular weight excluding hydrogens is 344 g/mol. The van der Waals surface area contributed by atoms with Crippen LogP contribution in [0.3, 0.4) is 0 Å². The summed E-state index contributed by atoms with van der Waals surface area (Å²) in [5, 5.41) is 8.08. The first-order valence-corrected chi connectivity index (χ1v) is 7.86. The average Bonchev–Trinajstić information content (AvgIpc) is 3.09. The summed E-state index contributed by atoms with van der Waals surface area (Å²) in [6, 6.07) is 5.13. The van der Waals surface area contributed by atoms with Crippen LogP contribution < -0.4 is 9.47 Å². The van der Waals surface area contributed by atoms with E-state index in [2.05, 4.69) is 25.0 Å². The van der Waals surface area contributed by atoms with E-state index in [1.54, 1.807) is 44.6 Å². The van der Waals surface area contributed by atoms with Gasteiger partial charge < -0.3 is 9.47 Å². The quantitative estimate of drug-likeness (QED) is 0.670. The Balaban J connectivity index is 1.77. The third-order valence-electron chi connectivity index (χ3n) is 3.62. The van der Waals surface area contributed by atoms with Gasteiger partial charge in [-0.1, -0.05) is 11.3 Å². The lowest BCUT2D eigenvalue weighted by Gasteiger charge is -2.10. The molecule has 1 atom stereocenters. The van der Waals surface area contributed by atoms with Crippen LogP contribution in [0.15, 0.2) is 36.8 Å². The van der Waals surface area contributed by atoms with Crippen LogP contribution in [-0.2, 0) is 0 Å². The van der Waals surface area contributed by atoms with E-state index in [4.69, 9.17) is 4.74 Å². The predicted molar refractivity (Wildman–Crippen MR) is 88.5 cm³/mol. The van der Waals surface area contributed by atoms with E-state index >= 15 is 0 Å². The topological polar surface area (TPSA) is 75.0 Å². The van der Waals surface area contributed by atoms with Crippen molar-refractivity contribution >= 4 is 0 Å². The van der Waals surface area contributed by atoms with Crippen molar-refractivity contribution in [2.75, 3.05) is 0 Å². The lowest BCUT2D eigenvalue weighted by molar-refractivity contribution is -0.0502. The van der Waals surface area contributed by atoms with Gasteiger partial charge in [0.15, 0.2) is 0 Å². The third-order valence-corrected chi connectivity index (χ3v) is 3.62. The van der Waals surface area contributed by atoms with Gasteiger partial charge in [-0.3, -0.25) is 0 Å². The number of nitrogens with zero attached hydrogens (tertiary/aromatic N) is 5. The minimum Gasteiger partial charge on any atom is -0.454 e. The van der Waals surface area contributed by atoms with Gasteiger partial charge in [0.2, 0.25) is 0 Å². The van der Waals surface area contributed by atoms with Crippen LogP contribution >= 0.6 is 0 Å².